The van der Waals surface area contributed by atoms with Crippen LogP contribution in [0.25, 0.3) is 11.3 Å². The predicted octanol–water partition coefficient (Wildman–Crippen LogP) is 3.79. The summed E-state index contributed by atoms with van der Waals surface area (Å²) in [6.45, 7) is 1.34. The van der Waals surface area contributed by atoms with Crippen LogP contribution in [0, 0.1) is 0 Å². The molecule has 1 heterocycles. The molecule has 1 aromatic heterocycles. The molecule has 1 aromatic carbocycles. The van der Waals surface area contributed by atoms with Gasteiger partial charge in [-0.25, -0.2) is 4.98 Å². The second-order valence-corrected chi connectivity index (χ2v) is 4.66. The molecule has 0 atom stereocenters. The zero-order valence-corrected chi connectivity index (χ0v) is 10.6. The standard InChI is InChI=1S/C12H9F3N2OS/c1-7(18)16-11-17-10(6-19-11)8-3-2-4-9(5-8)12(13,14)15/h2-6H,1H3,(H,16,17,18). The Morgan fingerprint density at radius 3 is 2.74 bits per heavy atom. The Hall–Kier alpha value is -1.89. The number of hydrogen-bond donors (Lipinski definition) is 1. The van der Waals surface area contributed by atoms with Crippen molar-refractivity contribution < 1.29 is 18.0 Å². The van der Waals surface area contributed by atoms with Gasteiger partial charge < -0.3 is 5.32 Å². The van der Waals surface area contributed by atoms with E-state index in [4.69, 9.17) is 0 Å². The molecule has 0 saturated heterocycles. The number of halogens is 3. The first kappa shape index (κ1) is 13.5. The van der Waals surface area contributed by atoms with Gasteiger partial charge in [-0.2, -0.15) is 13.2 Å². The molecule has 0 aliphatic carbocycles. The Morgan fingerprint density at radius 1 is 1.37 bits per heavy atom. The van der Waals surface area contributed by atoms with E-state index in [0.717, 1.165) is 23.5 Å². The summed E-state index contributed by atoms with van der Waals surface area (Å²) < 4.78 is 37.8. The highest BCUT2D eigenvalue weighted by Gasteiger charge is 2.30. The Labute approximate surface area is 111 Å². The lowest BCUT2D eigenvalue weighted by Crippen LogP contribution is -2.05. The Balaban J connectivity index is 2.32. The third kappa shape index (κ3) is 3.31. The molecule has 7 heteroatoms. The summed E-state index contributed by atoms with van der Waals surface area (Å²) >= 11 is 1.16. The van der Waals surface area contributed by atoms with Gasteiger partial charge in [-0.1, -0.05) is 12.1 Å². The number of hydrogen-bond acceptors (Lipinski definition) is 3. The molecule has 0 fully saturated rings. The molecule has 0 aliphatic heterocycles. The molecular weight excluding hydrogens is 277 g/mol. The topological polar surface area (TPSA) is 42.0 Å². The highest BCUT2D eigenvalue weighted by Crippen LogP contribution is 2.32. The minimum Gasteiger partial charge on any atom is -0.302 e. The van der Waals surface area contributed by atoms with Crippen molar-refractivity contribution in [2.45, 2.75) is 13.1 Å². The minimum atomic E-state index is -4.38. The molecular formula is C12H9F3N2OS. The van der Waals surface area contributed by atoms with Crippen molar-refractivity contribution in [3.05, 3.63) is 35.2 Å². The minimum absolute atomic E-state index is 0.273. The quantitative estimate of drug-likeness (QED) is 0.912. The number of benzene rings is 1. The number of aromatic nitrogens is 1. The van der Waals surface area contributed by atoms with Crippen LogP contribution in [0.3, 0.4) is 0 Å². The third-order valence-corrected chi connectivity index (χ3v) is 3.03. The van der Waals surface area contributed by atoms with Crippen molar-refractivity contribution in [3.63, 3.8) is 0 Å². The smallest absolute Gasteiger partial charge is 0.302 e. The molecule has 0 unspecified atom stereocenters. The molecule has 0 radical (unpaired) electrons. The molecule has 2 aromatic rings. The van der Waals surface area contributed by atoms with E-state index in [0.29, 0.717) is 16.4 Å². The van der Waals surface area contributed by atoms with Crippen LogP contribution in [0.2, 0.25) is 0 Å². The van der Waals surface area contributed by atoms with E-state index in [1.165, 1.54) is 13.0 Å². The number of carbonyl (C=O) groups excluding carboxylic acids is 1. The normalized spacial score (nSPS) is 11.4. The second-order valence-electron chi connectivity index (χ2n) is 3.80. The number of anilines is 1. The summed E-state index contributed by atoms with van der Waals surface area (Å²) in [5, 5.41) is 4.45. The van der Waals surface area contributed by atoms with E-state index in [1.54, 1.807) is 11.4 Å². The second kappa shape index (κ2) is 5.00. The molecule has 1 amide bonds. The van der Waals surface area contributed by atoms with Gasteiger partial charge in [0.25, 0.3) is 0 Å². The Bertz CT molecular complexity index is 607. The first-order chi connectivity index (χ1) is 8.86. The maximum Gasteiger partial charge on any atom is 0.416 e. The van der Waals surface area contributed by atoms with Crippen LogP contribution in [0.1, 0.15) is 12.5 Å². The summed E-state index contributed by atoms with van der Waals surface area (Å²) in [6, 6.07) is 4.91. The number of nitrogens with zero attached hydrogens (tertiary/aromatic N) is 1. The number of alkyl halides is 3. The third-order valence-electron chi connectivity index (χ3n) is 2.27. The van der Waals surface area contributed by atoms with Crippen LogP contribution in [-0.4, -0.2) is 10.9 Å². The fraction of sp³-hybridized carbons (Fsp3) is 0.167. The van der Waals surface area contributed by atoms with Crippen molar-refractivity contribution in [1.29, 1.82) is 0 Å². The summed E-state index contributed by atoms with van der Waals surface area (Å²) in [5.41, 5.74) is 0.0432. The Kier molecular flexibility index (Phi) is 3.57. The largest absolute Gasteiger partial charge is 0.416 e. The number of thiazole rings is 1. The van der Waals surface area contributed by atoms with Crippen LogP contribution >= 0.6 is 11.3 Å². The fourth-order valence-electron chi connectivity index (χ4n) is 1.47. The maximum absolute atomic E-state index is 12.6. The summed E-state index contributed by atoms with van der Waals surface area (Å²) in [6.07, 6.45) is -4.38. The molecule has 1 N–H and O–H groups in total. The van der Waals surface area contributed by atoms with Crippen molar-refractivity contribution in [1.82, 2.24) is 4.98 Å². The summed E-state index contributed by atoms with van der Waals surface area (Å²) in [4.78, 5) is 14.9. The first-order valence-electron chi connectivity index (χ1n) is 5.27. The van der Waals surface area contributed by atoms with Crippen molar-refractivity contribution in [3.8, 4) is 11.3 Å². The number of amides is 1. The molecule has 0 bridgehead atoms. The van der Waals surface area contributed by atoms with Gasteiger partial charge in [0.15, 0.2) is 5.13 Å². The molecule has 0 aliphatic rings. The number of rotatable bonds is 2. The van der Waals surface area contributed by atoms with Crippen LogP contribution in [0.15, 0.2) is 29.6 Å². The van der Waals surface area contributed by atoms with Gasteiger partial charge in [0, 0.05) is 17.9 Å². The van der Waals surface area contributed by atoms with Gasteiger partial charge in [0.2, 0.25) is 5.91 Å². The molecule has 100 valence electrons. The molecule has 0 saturated carbocycles. The number of nitrogens with one attached hydrogen (secondary N) is 1. The lowest BCUT2D eigenvalue weighted by Gasteiger charge is -2.07. The molecule has 2 rings (SSSR count). The lowest BCUT2D eigenvalue weighted by atomic mass is 10.1. The molecule has 19 heavy (non-hydrogen) atoms. The highest BCUT2D eigenvalue weighted by atomic mass is 32.1. The summed E-state index contributed by atoms with van der Waals surface area (Å²) in [7, 11) is 0. The maximum atomic E-state index is 12.6. The van der Waals surface area contributed by atoms with E-state index in [2.05, 4.69) is 10.3 Å². The van der Waals surface area contributed by atoms with Gasteiger partial charge >= 0.3 is 6.18 Å². The van der Waals surface area contributed by atoms with Gasteiger partial charge in [-0.05, 0) is 12.1 Å². The van der Waals surface area contributed by atoms with Crippen LogP contribution < -0.4 is 5.32 Å². The SMILES string of the molecule is CC(=O)Nc1nc(-c2cccc(C(F)(F)F)c2)cs1. The number of carbonyl (C=O) groups is 1. The van der Waals surface area contributed by atoms with Crippen molar-refractivity contribution in [2.75, 3.05) is 5.32 Å². The summed E-state index contributed by atoms with van der Waals surface area (Å²) in [5.74, 6) is -0.273. The van der Waals surface area contributed by atoms with Gasteiger partial charge in [0.1, 0.15) is 0 Å². The van der Waals surface area contributed by atoms with Gasteiger partial charge in [-0.3, -0.25) is 4.79 Å². The fourth-order valence-corrected chi connectivity index (χ4v) is 2.23. The lowest BCUT2D eigenvalue weighted by molar-refractivity contribution is -0.137. The molecule has 0 spiro atoms. The average molecular weight is 286 g/mol. The van der Waals surface area contributed by atoms with Crippen LogP contribution in [-0.2, 0) is 11.0 Å². The predicted molar refractivity (Wildman–Crippen MR) is 66.9 cm³/mol. The van der Waals surface area contributed by atoms with E-state index < -0.39 is 11.7 Å². The first-order valence-corrected chi connectivity index (χ1v) is 6.15. The van der Waals surface area contributed by atoms with Crippen LogP contribution in [0.5, 0.6) is 0 Å². The average Bonchev–Trinajstić information content (AvgIpc) is 2.76. The monoisotopic (exact) mass is 286 g/mol. The Morgan fingerprint density at radius 2 is 2.11 bits per heavy atom. The van der Waals surface area contributed by atoms with Crippen molar-refractivity contribution in [2.24, 2.45) is 0 Å². The zero-order valence-electron chi connectivity index (χ0n) is 9.78. The van der Waals surface area contributed by atoms with E-state index in [-0.39, 0.29) is 5.91 Å². The van der Waals surface area contributed by atoms with Gasteiger partial charge in [-0.15, -0.1) is 11.3 Å². The van der Waals surface area contributed by atoms with Crippen LogP contribution in [0.4, 0.5) is 18.3 Å². The van der Waals surface area contributed by atoms with E-state index >= 15 is 0 Å². The zero-order chi connectivity index (χ0) is 14.0. The van der Waals surface area contributed by atoms with Crippen molar-refractivity contribution >= 4 is 22.4 Å². The highest BCUT2D eigenvalue weighted by molar-refractivity contribution is 7.14. The van der Waals surface area contributed by atoms with Gasteiger partial charge in [0.05, 0.1) is 11.3 Å². The molecule has 3 nitrogen and oxygen atoms in total. The van der Waals surface area contributed by atoms with E-state index in [1.807, 2.05) is 0 Å². The van der Waals surface area contributed by atoms with E-state index in [9.17, 15) is 18.0 Å².